The van der Waals surface area contributed by atoms with Gasteiger partial charge in [0.15, 0.2) is 0 Å². The molecular weight excluding hydrogens is 276 g/mol. The monoisotopic (exact) mass is 288 g/mol. The number of aromatic amines is 1. The number of hydrogen-bond donors (Lipinski definition) is 2. The molecule has 0 aliphatic heterocycles. The highest BCUT2D eigenvalue weighted by Gasteiger charge is 2.22. The Kier molecular flexibility index (Phi) is 3.00. The standard InChI is InChI=1S/C13H12N4O2S/c14-5-9-1-3-10(4-2-9)20(18,19)12-7-16-13-11(12)6-15-8-17-13/h1-4,6-8H,5,14H2,(H,15,16,17). The van der Waals surface area contributed by atoms with Gasteiger partial charge < -0.3 is 10.7 Å². The zero-order valence-corrected chi connectivity index (χ0v) is 11.3. The number of sulfone groups is 1. The lowest BCUT2D eigenvalue weighted by molar-refractivity contribution is 0.597. The van der Waals surface area contributed by atoms with Crippen molar-refractivity contribution in [1.29, 1.82) is 0 Å². The van der Waals surface area contributed by atoms with Crippen LogP contribution in [0.15, 0.2) is 52.8 Å². The number of rotatable bonds is 3. The normalized spacial score (nSPS) is 11.8. The zero-order valence-electron chi connectivity index (χ0n) is 10.4. The van der Waals surface area contributed by atoms with E-state index in [1.165, 1.54) is 18.7 Å². The SMILES string of the molecule is NCc1ccc(S(=O)(=O)c2c[nH]c3ncncc23)cc1. The predicted molar refractivity (Wildman–Crippen MR) is 73.7 cm³/mol. The molecule has 0 aliphatic carbocycles. The Morgan fingerprint density at radius 3 is 2.65 bits per heavy atom. The van der Waals surface area contributed by atoms with Crippen LogP contribution in [0, 0.1) is 0 Å². The molecule has 0 saturated carbocycles. The summed E-state index contributed by atoms with van der Waals surface area (Å²) in [5, 5.41) is 0.482. The van der Waals surface area contributed by atoms with Crippen LogP contribution in [-0.2, 0) is 16.4 Å². The number of hydrogen-bond acceptors (Lipinski definition) is 5. The smallest absolute Gasteiger partial charge is 0.208 e. The van der Waals surface area contributed by atoms with Gasteiger partial charge in [-0.05, 0) is 17.7 Å². The first-order valence-corrected chi connectivity index (χ1v) is 7.42. The fraction of sp³-hybridized carbons (Fsp3) is 0.0769. The van der Waals surface area contributed by atoms with Crippen LogP contribution in [0.1, 0.15) is 5.56 Å². The third-order valence-corrected chi connectivity index (χ3v) is 4.89. The first-order chi connectivity index (χ1) is 9.63. The topological polar surface area (TPSA) is 102 Å². The summed E-state index contributed by atoms with van der Waals surface area (Å²) in [5.74, 6) is 0. The first kappa shape index (κ1) is 12.8. The highest BCUT2D eigenvalue weighted by molar-refractivity contribution is 7.91. The molecule has 1 aromatic carbocycles. The fourth-order valence-electron chi connectivity index (χ4n) is 1.99. The predicted octanol–water partition coefficient (Wildman–Crippen LogP) is 1.25. The molecule has 0 unspecified atom stereocenters. The van der Waals surface area contributed by atoms with Gasteiger partial charge in [0.1, 0.15) is 16.9 Å². The van der Waals surface area contributed by atoms with E-state index >= 15 is 0 Å². The Labute approximate surface area is 115 Å². The van der Waals surface area contributed by atoms with Crippen LogP contribution in [0.4, 0.5) is 0 Å². The van der Waals surface area contributed by atoms with Gasteiger partial charge in [0.05, 0.1) is 10.3 Å². The van der Waals surface area contributed by atoms with Crippen molar-refractivity contribution in [3.05, 3.63) is 48.5 Å². The van der Waals surface area contributed by atoms with Crippen LogP contribution in [0.5, 0.6) is 0 Å². The third-order valence-electron chi connectivity index (χ3n) is 3.08. The van der Waals surface area contributed by atoms with Crippen molar-refractivity contribution < 1.29 is 8.42 Å². The highest BCUT2D eigenvalue weighted by Crippen LogP contribution is 2.26. The molecular formula is C13H12N4O2S. The van der Waals surface area contributed by atoms with Gasteiger partial charge in [0.25, 0.3) is 0 Å². The minimum Gasteiger partial charge on any atom is -0.345 e. The number of H-pyrrole nitrogens is 1. The maximum absolute atomic E-state index is 12.6. The van der Waals surface area contributed by atoms with E-state index in [4.69, 9.17) is 5.73 Å². The Morgan fingerprint density at radius 1 is 1.20 bits per heavy atom. The minimum atomic E-state index is -3.60. The molecule has 0 radical (unpaired) electrons. The first-order valence-electron chi connectivity index (χ1n) is 5.94. The van der Waals surface area contributed by atoms with Crippen molar-refractivity contribution in [2.75, 3.05) is 0 Å². The molecule has 7 heteroatoms. The van der Waals surface area contributed by atoms with Gasteiger partial charge in [0.2, 0.25) is 9.84 Å². The second-order valence-corrected chi connectivity index (χ2v) is 6.21. The second-order valence-electron chi connectivity index (χ2n) is 4.29. The molecule has 0 atom stereocenters. The van der Waals surface area contributed by atoms with Crippen molar-refractivity contribution in [2.45, 2.75) is 16.3 Å². The molecule has 2 heterocycles. The number of nitrogens with zero attached hydrogens (tertiary/aromatic N) is 2. The Balaban J connectivity index is 2.15. The van der Waals surface area contributed by atoms with Crippen molar-refractivity contribution >= 4 is 20.9 Å². The van der Waals surface area contributed by atoms with Crippen LogP contribution in [0.3, 0.4) is 0 Å². The van der Waals surface area contributed by atoms with Crippen LogP contribution in [-0.4, -0.2) is 23.4 Å². The average Bonchev–Trinajstić information content (AvgIpc) is 2.92. The summed E-state index contributed by atoms with van der Waals surface area (Å²) in [6, 6.07) is 6.52. The second kappa shape index (κ2) is 4.69. The van der Waals surface area contributed by atoms with Crippen molar-refractivity contribution in [1.82, 2.24) is 15.0 Å². The van der Waals surface area contributed by atoms with Gasteiger partial charge in [-0.1, -0.05) is 12.1 Å². The molecule has 0 amide bonds. The van der Waals surface area contributed by atoms with E-state index in [0.717, 1.165) is 5.56 Å². The molecule has 102 valence electrons. The maximum Gasteiger partial charge on any atom is 0.208 e. The lowest BCUT2D eigenvalue weighted by Gasteiger charge is -2.04. The summed E-state index contributed by atoms with van der Waals surface area (Å²) in [4.78, 5) is 11.1. The molecule has 3 rings (SSSR count). The van der Waals surface area contributed by atoms with E-state index in [-0.39, 0.29) is 9.79 Å². The molecule has 2 aromatic heterocycles. The lowest BCUT2D eigenvalue weighted by atomic mass is 10.2. The number of benzene rings is 1. The van der Waals surface area contributed by atoms with E-state index < -0.39 is 9.84 Å². The summed E-state index contributed by atoms with van der Waals surface area (Å²) in [5.41, 5.74) is 6.89. The van der Waals surface area contributed by atoms with Gasteiger partial charge >= 0.3 is 0 Å². The number of fused-ring (bicyclic) bond motifs is 1. The molecule has 6 nitrogen and oxygen atoms in total. The Morgan fingerprint density at radius 2 is 1.95 bits per heavy atom. The summed E-state index contributed by atoms with van der Waals surface area (Å²) >= 11 is 0. The molecule has 20 heavy (non-hydrogen) atoms. The number of nitrogens with one attached hydrogen (secondary N) is 1. The summed E-state index contributed by atoms with van der Waals surface area (Å²) in [6.07, 6.45) is 4.29. The van der Waals surface area contributed by atoms with Crippen molar-refractivity contribution in [3.63, 3.8) is 0 Å². The maximum atomic E-state index is 12.6. The largest absolute Gasteiger partial charge is 0.345 e. The van der Waals surface area contributed by atoms with Gasteiger partial charge in [-0.25, -0.2) is 18.4 Å². The molecule has 0 aliphatic rings. The van der Waals surface area contributed by atoms with E-state index in [1.54, 1.807) is 24.3 Å². The Hall–Kier alpha value is -2.25. The van der Waals surface area contributed by atoms with Crippen molar-refractivity contribution in [2.24, 2.45) is 5.73 Å². The summed E-state index contributed by atoms with van der Waals surface area (Å²) in [6.45, 7) is 0.376. The van der Waals surface area contributed by atoms with Crippen LogP contribution < -0.4 is 5.73 Å². The van der Waals surface area contributed by atoms with Gasteiger partial charge in [-0.3, -0.25) is 0 Å². The molecule has 3 N–H and O–H groups in total. The third kappa shape index (κ3) is 1.97. The fourth-order valence-corrected chi connectivity index (χ4v) is 3.39. The average molecular weight is 288 g/mol. The molecule has 3 aromatic rings. The van der Waals surface area contributed by atoms with E-state index in [2.05, 4.69) is 15.0 Å². The zero-order chi connectivity index (χ0) is 14.2. The Bertz CT molecular complexity index is 853. The van der Waals surface area contributed by atoms with Gasteiger partial charge in [-0.2, -0.15) is 0 Å². The van der Waals surface area contributed by atoms with Crippen LogP contribution >= 0.6 is 0 Å². The quantitative estimate of drug-likeness (QED) is 0.755. The van der Waals surface area contributed by atoms with Gasteiger partial charge in [0, 0.05) is 18.9 Å². The summed E-state index contributed by atoms with van der Waals surface area (Å²) < 4.78 is 25.2. The van der Waals surface area contributed by atoms with E-state index in [0.29, 0.717) is 17.6 Å². The van der Waals surface area contributed by atoms with E-state index in [9.17, 15) is 8.42 Å². The summed E-state index contributed by atoms with van der Waals surface area (Å²) in [7, 11) is -3.60. The van der Waals surface area contributed by atoms with E-state index in [1.807, 2.05) is 0 Å². The number of nitrogens with two attached hydrogens (primary N) is 1. The highest BCUT2D eigenvalue weighted by atomic mass is 32.2. The number of aromatic nitrogens is 3. The molecule has 0 spiro atoms. The van der Waals surface area contributed by atoms with Gasteiger partial charge in [-0.15, -0.1) is 0 Å². The minimum absolute atomic E-state index is 0.175. The lowest BCUT2D eigenvalue weighted by Crippen LogP contribution is -2.02. The van der Waals surface area contributed by atoms with Crippen LogP contribution in [0.25, 0.3) is 11.0 Å². The van der Waals surface area contributed by atoms with Crippen molar-refractivity contribution in [3.8, 4) is 0 Å². The molecule has 0 fully saturated rings. The van der Waals surface area contributed by atoms with Crippen LogP contribution in [0.2, 0.25) is 0 Å². The molecule has 0 saturated heterocycles. The molecule has 0 bridgehead atoms.